The van der Waals surface area contributed by atoms with Crippen molar-refractivity contribution in [3.05, 3.63) is 47.5 Å². The summed E-state index contributed by atoms with van der Waals surface area (Å²) in [6.45, 7) is 7.24. The predicted molar refractivity (Wildman–Crippen MR) is 96.2 cm³/mol. The maximum atomic E-state index is 12.0. The molecule has 0 radical (unpaired) electrons. The van der Waals surface area contributed by atoms with Crippen molar-refractivity contribution >= 4 is 11.9 Å². The van der Waals surface area contributed by atoms with E-state index >= 15 is 0 Å². The molecule has 0 atom stereocenters. The van der Waals surface area contributed by atoms with Crippen LogP contribution in [0.1, 0.15) is 39.2 Å². The van der Waals surface area contributed by atoms with Crippen LogP contribution in [-0.4, -0.2) is 42.1 Å². The summed E-state index contributed by atoms with van der Waals surface area (Å²) in [4.78, 5) is 25.7. The third-order valence-corrected chi connectivity index (χ3v) is 3.78. The first kappa shape index (κ1) is 19.2. The van der Waals surface area contributed by atoms with Gasteiger partial charge in [-0.3, -0.25) is 4.79 Å². The SMILES string of the molecule is CC(C)(C)OC(=O)N1CCC(=CC(=O)COCc2ccccc2)CC1. The molecule has 0 spiro atoms. The van der Waals surface area contributed by atoms with Crippen LogP contribution in [0.3, 0.4) is 0 Å². The van der Waals surface area contributed by atoms with Crippen LogP contribution in [0.2, 0.25) is 0 Å². The molecule has 1 aliphatic rings. The fourth-order valence-electron chi connectivity index (χ4n) is 2.56. The van der Waals surface area contributed by atoms with Crippen LogP contribution >= 0.6 is 0 Å². The maximum absolute atomic E-state index is 12.0. The van der Waals surface area contributed by atoms with E-state index in [9.17, 15) is 9.59 Å². The van der Waals surface area contributed by atoms with E-state index in [0.717, 1.165) is 11.1 Å². The van der Waals surface area contributed by atoms with E-state index in [-0.39, 0.29) is 18.5 Å². The highest BCUT2D eigenvalue weighted by Gasteiger charge is 2.24. The lowest BCUT2D eigenvalue weighted by Gasteiger charge is -2.30. The van der Waals surface area contributed by atoms with Crippen LogP contribution in [0.5, 0.6) is 0 Å². The summed E-state index contributed by atoms with van der Waals surface area (Å²) in [6.07, 6.45) is 2.77. The fraction of sp³-hybridized carbons (Fsp3) is 0.500. The molecule has 1 amide bonds. The number of likely N-dealkylation sites (tertiary alicyclic amines) is 1. The van der Waals surface area contributed by atoms with E-state index in [1.807, 2.05) is 51.1 Å². The molecule has 0 aliphatic carbocycles. The van der Waals surface area contributed by atoms with Gasteiger partial charge in [0, 0.05) is 13.1 Å². The van der Waals surface area contributed by atoms with Gasteiger partial charge in [0.05, 0.1) is 6.61 Å². The Morgan fingerprint density at radius 1 is 1.12 bits per heavy atom. The van der Waals surface area contributed by atoms with Crippen molar-refractivity contribution < 1.29 is 19.1 Å². The molecule has 0 saturated carbocycles. The topological polar surface area (TPSA) is 55.8 Å². The number of rotatable bonds is 5. The average Bonchev–Trinajstić information content (AvgIpc) is 2.55. The number of benzene rings is 1. The van der Waals surface area contributed by atoms with Gasteiger partial charge in [-0.05, 0) is 45.3 Å². The van der Waals surface area contributed by atoms with Crippen molar-refractivity contribution in [1.29, 1.82) is 0 Å². The second kappa shape index (κ2) is 8.81. The number of piperidine rings is 1. The summed E-state index contributed by atoms with van der Waals surface area (Å²) in [6, 6.07) is 9.77. The summed E-state index contributed by atoms with van der Waals surface area (Å²) >= 11 is 0. The first-order chi connectivity index (χ1) is 11.8. The number of ketones is 1. The maximum Gasteiger partial charge on any atom is 0.410 e. The van der Waals surface area contributed by atoms with E-state index in [1.165, 1.54) is 0 Å². The first-order valence-corrected chi connectivity index (χ1v) is 8.65. The zero-order chi connectivity index (χ0) is 18.3. The molecular formula is C20H27NO4. The molecule has 25 heavy (non-hydrogen) atoms. The monoisotopic (exact) mass is 345 g/mol. The number of carbonyl (C=O) groups is 2. The number of nitrogens with zero attached hydrogens (tertiary/aromatic N) is 1. The highest BCUT2D eigenvalue weighted by Crippen LogP contribution is 2.19. The minimum atomic E-state index is -0.487. The molecule has 1 aromatic carbocycles. The van der Waals surface area contributed by atoms with E-state index in [0.29, 0.717) is 32.5 Å². The van der Waals surface area contributed by atoms with Gasteiger partial charge in [0.2, 0.25) is 0 Å². The van der Waals surface area contributed by atoms with Crippen LogP contribution in [0.25, 0.3) is 0 Å². The molecule has 1 aromatic rings. The van der Waals surface area contributed by atoms with E-state index in [4.69, 9.17) is 9.47 Å². The highest BCUT2D eigenvalue weighted by atomic mass is 16.6. The van der Waals surface area contributed by atoms with E-state index in [1.54, 1.807) is 11.0 Å². The van der Waals surface area contributed by atoms with Gasteiger partial charge >= 0.3 is 6.09 Å². The number of hydrogen-bond acceptors (Lipinski definition) is 4. The minimum absolute atomic E-state index is 0.0309. The molecule has 0 N–H and O–H groups in total. The van der Waals surface area contributed by atoms with Gasteiger partial charge in [-0.25, -0.2) is 4.79 Å². The molecule has 136 valence electrons. The molecule has 0 aromatic heterocycles. The summed E-state index contributed by atoms with van der Waals surface area (Å²) in [7, 11) is 0. The standard InChI is InChI=1S/C20H27NO4/c1-20(2,3)25-19(23)21-11-9-16(10-12-21)13-18(22)15-24-14-17-7-5-4-6-8-17/h4-8,13H,9-12,14-15H2,1-3H3. The van der Waals surface area contributed by atoms with Gasteiger partial charge in [0.1, 0.15) is 12.2 Å². The van der Waals surface area contributed by atoms with Gasteiger partial charge < -0.3 is 14.4 Å². The predicted octanol–water partition coefficient (Wildman–Crippen LogP) is 3.73. The van der Waals surface area contributed by atoms with Crippen molar-refractivity contribution in [2.24, 2.45) is 0 Å². The van der Waals surface area contributed by atoms with Gasteiger partial charge in [0.25, 0.3) is 0 Å². The Morgan fingerprint density at radius 2 is 1.76 bits per heavy atom. The number of carbonyl (C=O) groups excluding carboxylic acids is 2. The quantitative estimate of drug-likeness (QED) is 0.763. The van der Waals surface area contributed by atoms with E-state index in [2.05, 4.69) is 0 Å². The third kappa shape index (κ3) is 7.10. The summed E-state index contributed by atoms with van der Waals surface area (Å²) in [5.74, 6) is -0.0309. The zero-order valence-electron chi connectivity index (χ0n) is 15.3. The lowest BCUT2D eigenvalue weighted by molar-refractivity contribution is -0.119. The molecule has 1 saturated heterocycles. The molecule has 0 unspecified atom stereocenters. The first-order valence-electron chi connectivity index (χ1n) is 8.65. The van der Waals surface area contributed by atoms with Crippen molar-refractivity contribution in [3.63, 3.8) is 0 Å². The molecule has 0 bridgehead atoms. The Balaban J connectivity index is 1.72. The Hall–Kier alpha value is -2.14. The highest BCUT2D eigenvalue weighted by molar-refractivity contribution is 5.91. The third-order valence-electron chi connectivity index (χ3n) is 3.78. The average molecular weight is 345 g/mol. The number of hydrogen-bond donors (Lipinski definition) is 0. The molecule has 1 fully saturated rings. The lowest BCUT2D eigenvalue weighted by atomic mass is 10.0. The molecular weight excluding hydrogens is 318 g/mol. The summed E-state index contributed by atoms with van der Waals surface area (Å²) in [5.41, 5.74) is 1.63. The Bertz CT molecular complexity index is 606. The Labute approximate surface area is 149 Å². The number of amides is 1. The second-order valence-electron chi connectivity index (χ2n) is 7.21. The normalized spacial score (nSPS) is 15.0. The zero-order valence-corrected chi connectivity index (χ0v) is 15.3. The van der Waals surface area contributed by atoms with Crippen molar-refractivity contribution in [2.45, 2.75) is 45.8 Å². The molecule has 5 nitrogen and oxygen atoms in total. The molecule has 1 heterocycles. The van der Waals surface area contributed by atoms with Crippen molar-refractivity contribution in [2.75, 3.05) is 19.7 Å². The van der Waals surface area contributed by atoms with Gasteiger partial charge in [0.15, 0.2) is 5.78 Å². The van der Waals surface area contributed by atoms with Crippen molar-refractivity contribution in [1.82, 2.24) is 4.90 Å². The second-order valence-corrected chi connectivity index (χ2v) is 7.21. The van der Waals surface area contributed by atoms with Crippen LogP contribution in [0, 0.1) is 0 Å². The smallest absolute Gasteiger partial charge is 0.410 e. The summed E-state index contributed by atoms with van der Waals surface area (Å²) in [5, 5.41) is 0. The van der Waals surface area contributed by atoms with E-state index < -0.39 is 5.60 Å². The van der Waals surface area contributed by atoms with Gasteiger partial charge in [-0.2, -0.15) is 0 Å². The Morgan fingerprint density at radius 3 is 2.36 bits per heavy atom. The Kier molecular flexibility index (Phi) is 6.76. The largest absolute Gasteiger partial charge is 0.444 e. The van der Waals surface area contributed by atoms with Crippen LogP contribution < -0.4 is 0 Å². The van der Waals surface area contributed by atoms with Gasteiger partial charge in [-0.1, -0.05) is 35.9 Å². The fourth-order valence-corrected chi connectivity index (χ4v) is 2.56. The van der Waals surface area contributed by atoms with Crippen LogP contribution in [0.4, 0.5) is 4.79 Å². The minimum Gasteiger partial charge on any atom is -0.444 e. The lowest BCUT2D eigenvalue weighted by Crippen LogP contribution is -2.40. The van der Waals surface area contributed by atoms with Crippen LogP contribution in [-0.2, 0) is 20.9 Å². The van der Waals surface area contributed by atoms with Crippen molar-refractivity contribution in [3.8, 4) is 0 Å². The summed E-state index contributed by atoms with van der Waals surface area (Å²) < 4.78 is 10.8. The molecule has 1 aliphatic heterocycles. The van der Waals surface area contributed by atoms with Crippen LogP contribution in [0.15, 0.2) is 42.0 Å². The number of ether oxygens (including phenoxy) is 2. The molecule has 2 rings (SSSR count). The molecule has 5 heteroatoms. The van der Waals surface area contributed by atoms with Gasteiger partial charge in [-0.15, -0.1) is 0 Å².